The van der Waals surface area contributed by atoms with Gasteiger partial charge >= 0.3 is 5.97 Å². The number of rotatable bonds is 8. The number of benzene rings is 1. The lowest BCUT2D eigenvalue weighted by Crippen LogP contribution is -2.18. The van der Waals surface area contributed by atoms with E-state index in [9.17, 15) is 9.59 Å². The van der Waals surface area contributed by atoms with E-state index >= 15 is 0 Å². The highest BCUT2D eigenvalue weighted by molar-refractivity contribution is 7.17. The van der Waals surface area contributed by atoms with E-state index in [1.807, 2.05) is 13.8 Å². The largest absolute Gasteiger partial charge is 0.483 e. The molecule has 35 heavy (non-hydrogen) atoms. The van der Waals surface area contributed by atoms with Gasteiger partial charge < -0.3 is 19.2 Å². The number of nitrogens with one attached hydrogen (secondary N) is 1. The van der Waals surface area contributed by atoms with Gasteiger partial charge in [-0.05, 0) is 68.9 Å². The first-order valence-corrected chi connectivity index (χ1v) is 13.2. The van der Waals surface area contributed by atoms with E-state index in [1.165, 1.54) is 23.5 Å². The molecule has 186 valence electrons. The van der Waals surface area contributed by atoms with Crippen LogP contribution in [0.25, 0.3) is 0 Å². The molecule has 6 nitrogen and oxygen atoms in total. The molecule has 0 fully saturated rings. The average Bonchev–Trinajstić information content (AvgIpc) is 3.42. The topological polar surface area (TPSA) is 77.8 Å². The quantitative estimate of drug-likeness (QED) is 0.285. The summed E-state index contributed by atoms with van der Waals surface area (Å²) in [5, 5.41) is 4.28. The Morgan fingerprint density at radius 2 is 1.86 bits per heavy atom. The summed E-state index contributed by atoms with van der Waals surface area (Å²) in [5.41, 5.74) is 1.44. The summed E-state index contributed by atoms with van der Waals surface area (Å²) in [6, 6.07) is 6.22. The molecule has 0 saturated heterocycles. The number of thiophene rings is 1. The molecule has 2 aromatic heterocycles. The van der Waals surface area contributed by atoms with Gasteiger partial charge in [0.2, 0.25) is 0 Å². The molecule has 4 rings (SSSR count). The lowest BCUT2D eigenvalue weighted by Gasteiger charge is -2.15. The third kappa shape index (κ3) is 5.97. The minimum atomic E-state index is -0.463. The van der Waals surface area contributed by atoms with Gasteiger partial charge in [0, 0.05) is 9.90 Å². The van der Waals surface area contributed by atoms with Gasteiger partial charge in [0.05, 0.1) is 21.7 Å². The average molecular weight is 557 g/mol. The number of halogens is 3. The van der Waals surface area contributed by atoms with E-state index in [1.54, 1.807) is 12.1 Å². The van der Waals surface area contributed by atoms with Crippen molar-refractivity contribution in [1.29, 1.82) is 0 Å². The SMILES string of the molecule is CCC(C)OC(=O)c1c(NC(=O)c2ccc(COc3c(Cl)cc(Cl)cc3Cl)o2)sc2c1CCCC2. The van der Waals surface area contributed by atoms with E-state index in [-0.39, 0.29) is 34.3 Å². The van der Waals surface area contributed by atoms with E-state index in [4.69, 9.17) is 48.7 Å². The second kappa shape index (κ2) is 11.2. The second-order valence-corrected chi connectivity index (χ2v) is 10.6. The Balaban J connectivity index is 1.49. The smallest absolute Gasteiger partial charge is 0.341 e. The van der Waals surface area contributed by atoms with Gasteiger partial charge in [0.25, 0.3) is 5.91 Å². The van der Waals surface area contributed by atoms with Gasteiger partial charge in [0.1, 0.15) is 17.4 Å². The van der Waals surface area contributed by atoms with Crippen LogP contribution in [0.15, 0.2) is 28.7 Å². The molecule has 0 radical (unpaired) electrons. The van der Waals surface area contributed by atoms with Crippen molar-refractivity contribution < 1.29 is 23.5 Å². The molecule has 0 saturated carbocycles. The predicted molar refractivity (Wildman–Crippen MR) is 139 cm³/mol. The Morgan fingerprint density at radius 1 is 1.14 bits per heavy atom. The summed E-state index contributed by atoms with van der Waals surface area (Å²) < 4.78 is 16.9. The molecule has 1 unspecified atom stereocenters. The Hall–Kier alpha value is -2.19. The summed E-state index contributed by atoms with van der Waals surface area (Å²) in [6.07, 6.45) is 4.25. The summed E-state index contributed by atoms with van der Waals surface area (Å²) in [5.74, 6) is -0.105. The van der Waals surface area contributed by atoms with Gasteiger partial charge in [-0.15, -0.1) is 11.3 Å². The summed E-state index contributed by atoms with van der Waals surface area (Å²) in [4.78, 5) is 27.0. The van der Waals surface area contributed by atoms with Crippen LogP contribution in [-0.2, 0) is 24.2 Å². The molecule has 1 aliphatic rings. The fourth-order valence-electron chi connectivity index (χ4n) is 3.75. The third-order valence-corrected chi connectivity index (χ3v) is 7.68. The molecule has 10 heteroatoms. The van der Waals surface area contributed by atoms with Crippen LogP contribution in [0, 0.1) is 0 Å². The zero-order valence-corrected chi connectivity index (χ0v) is 22.3. The van der Waals surface area contributed by atoms with Crippen LogP contribution in [0.5, 0.6) is 5.75 Å². The van der Waals surface area contributed by atoms with Gasteiger partial charge in [-0.25, -0.2) is 4.79 Å². The second-order valence-electron chi connectivity index (χ2n) is 8.25. The molecule has 1 amide bonds. The minimum absolute atomic E-state index is 0.00807. The van der Waals surface area contributed by atoms with Crippen LogP contribution >= 0.6 is 46.1 Å². The monoisotopic (exact) mass is 555 g/mol. The summed E-state index contributed by atoms with van der Waals surface area (Å²) in [7, 11) is 0. The molecule has 0 spiro atoms. The van der Waals surface area contributed by atoms with Crippen molar-refractivity contribution in [2.24, 2.45) is 0 Å². The molecule has 1 N–H and O–H groups in total. The van der Waals surface area contributed by atoms with E-state index in [2.05, 4.69) is 5.32 Å². The minimum Gasteiger partial charge on any atom is -0.483 e. The van der Waals surface area contributed by atoms with E-state index in [0.717, 1.165) is 36.1 Å². The molecule has 1 atom stereocenters. The van der Waals surface area contributed by atoms with Crippen LogP contribution in [0.2, 0.25) is 15.1 Å². The molecule has 1 aromatic carbocycles. The first-order valence-electron chi connectivity index (χ1n) is 11.3. The van der Waals surface area contributed by atoms with Crippen molar-refractivity contribution in [2.75, 3.05) is 5.32 Å². The number of aryl methyl sites for hydroxylation is 1. The van der Waals surface area contributed by atoms with Crippen molar-refractivity contribution in [3.05, 3.63) is 66.9 Å². The van der Waals surface area contributed by atoms with Crippen molar-refractivity contribution in [2.45, 2.75) is 58.7 Å². The highest BCUT2D eigenvalue weighted by Gasteiger charge is 2.29. The molecule has 1 aliphatic carbocycles. The number of carbonyl (C=O) groups is 2. The number of carbonyl (C=O) groups excluding carboxylic acids is 2. The number of fused-ring (bicyclic) bond motifs is 1. The first-order chi connectivity index (χ1) is 16.8. The zero-order chi connectivity index (χ0) is 25.1. The van der Waals surface area contributed by atoms with Gasteiger partial charge in [-0.3, -0.25) is 4.79 Å². The third-order valence-electron chi connectivity index (χ3n) is 5.69. The summed E-state index contributed by atoms with van der Waals surface area (Å²) in [6.45, 7) is 3.82. The number of anilines is 1. The number of ether oxygens (including phenoxy) is 2. The summed E-state index contributed by atoms with van der Waals surface area (Å²) >= 11 is 19.6. The number of esters is 1. The Morgan fingerprint density at radius 3 is 2.57 bits per heavy atom. The highest BCUT2D eigenvalue weighted by atomic mass is 35.5. The molecule has 0 aliphatic heterocycles. The van der Waals surface area contributed by atoms with Crippen molar-refractivity contribution in [1.82, 2.24) is 0 Å². The van der Waals surface area contributed by atoms with Crippen molar-refractivity contribution in [3.8, 4) is 5.75 Å². The fraction of sp³-hybridized carbons (Fsp3) is 0.360. The maximum absolute atomic E-state index is 13.0. The predicted octanol–water partition coefficient (Wildman–Crippen LogP) is 7.97. The van der Waals surface area contributed by atoms with Gasteiger partial charge in [-0.1, -0.05) is 41.7 Å². The number of amides is 1. The zero-order valence-electron chi connectivity index (χ0n) is 19.2. The Bertz CT molecular complexity index is 1230. The van der Waals surface area contributed by atoms with E-state index in [0.29, 0.717) is 27.8 Å². The maximum atomic E-state index is 13.0. The molecular formula is C25H24Cl3NO5S. The maximum Gasteiger partial charge on any atom is 0.341 e. The van der Waals surface area contributed by atoms with E-state index < -0.39 is 11.9 Å². The molecule has 3 aromatic rings. The lowest BCUT2D eigenvalue weighted by atomic mass is 9.95. The van der Waals surface area contributed by atoms with Crippen LogP contribution in [0.4, 0.5) is 5.00 Å². The standard InChI is InChI=1S/C25H24Cl3NO5S/c1-3-13(2)33-25(31)21-16-6-4-5-7-20(16)35-24(21)29-23(30)19-9-8-15(34-19)12-32-22-17(27)10-14(26)11-18(22)28/h8-11,13H,3-7,12H2,1-2H3,(H,29,30). The van der Waals surface area contributed by atoms with Gasteiger partial charge in [-0.2, -0.15) is 0 Å². The Kier molecular flexibility index (Phi) is 8.32. The van der Waals surface area contributed by atoms with Crippen molar-refractivity contribution >= 4 is 63.0 Å². The normalized spacial score (nSPS) is 13.7. The fourth-order valence-corrected chi connectivity index (χ4v) is 5.95. The Labute approximate surface area is 222 Å². The first kappa shape index (κ1) is 25.9. The van der Waals surface area contributed by atoms with Gasteiger partial charge in [0.15, 0.2) is 11.5 Å². The van der Waals surface area contributed by atoms with Crippen LogP contribution in [0.1, 0.15) is 70.2 Å². The van der Waals surface area contributed by atoms with Crippen LogP contribution in [0.3, 0.4) is 0 Å². The molecule has 2 heterocycles. The molecule has 0 bridgehead atoms. The molecular weight excluding hydrogens is 533 g/mol. The lowest BCUT2D eigenvalue weighted by molar-refractivity contribution is 0.0335. The van der Waals surface area contributed by atoms with Crippen LogP contribution < -0.4 is 10.1 Å². The highest BCUT2D eigenvalue weighted by Crippen LogP contribution is 2.39. The number of hydrogen-bond acceptors (Lipinski definition) is 6. The number of hydrogen-bond donors (Lipinski definition) is 1. The van der Waals surface area contributed by atoms with Crippen LogP contribution in [-0.4, -0.2) is 18.0 Å². The van der Waals surface area contributed by atoms with Crippen molar-refractivity contribution in [3.63, 3.8) is 0 Å². The number of furan rings is 1.